The van der Waals surface area contributed by atoms with Gasteiger partial charge in [-0.15, -0.1) is 0 Å². The van der Waals surface area contributed by atoms with Crippen molar-refractivity contribution in [2.45, 2.75) is 33.7 Å². The summed E-state index contributed by atoms with van der Waals surface area (Å²) in [6.45, 7) is 6.91. The maximum Gasteiger partial charge on any atom is 0.332 e. The molecule has 0 amide bonds. The van der Waals surface area contributed by atoms with Gasteiger partial charge in [-0.3, -0.25) is 0 Å². The average molecular weight is 247 g/mol. The monoisotopic (exact) mass is 247 g/mol. The van der Waals surface area contributed by atoms with E-state index < -0.39 is 0 Å². The maximum absolute atomic E-state index is 11.2. The molecule has 0 aromatic heterocycles. The Labute approximate surface area is 109 Å². The normalized spacial score (nSPS) is 11.2. The Bertz CT molecular complexity index is 407. The fraction of sp³-hybridized carbons (Fsp3) is 0.400. The topological polar surface area (TPSA) is 38.3 Å². The number of ether oxygens (including phenoxy) is 1. The van der Waals surface area contributed by atoms with Gasteiger partial charge in [-0.25, -0.2) is 4.79 Å². The van der Waals surface area contributed by atoms with E-state index in [0.717, 1.165) is 12.1 Å². The SMILES string of the molecule is CCOC(=O)/C=C(/C)NCc1ccc(CC)cc1. The Balaban J connectivity index is 2.46. The van der Waals surface area contributed by atoms with Crippen molar-refractivity contribution in [3.63, 3.8) is 0 Å². The lowest BCUT2D eigenvalue weighted by atomic mass is 10.1. The van der Waals surface area contributed by atoms with E-state index in [0.29, 0.717) is 13.2 Å². The van der Waals surface area contributed by atoms with Crippen LogP contribution >= 0.6 is 0 Å². The van der Waals surface area contributed by atoms with Crippen LogP contribution in [0, 0.1) is 0 Å². The summed E-state index contributed by atoms with van der Waals surface area (Å²) < 4.78 is 4.84. The second-order valence-corrected chi connectivity index (χ2v) is 4.10. The molecule has 3 heteroatoms. The van der Waals surface area contributed by atoms with Crippen LogP contribution in [0.2, 0.25) is 0 Å². The summed E-state index contributed by atoms with van der Waals surface area (Å²) in [7, 11) is 0. The summed E-state index contributed by atoms with van der Waals surface area (Å²) in [5.41, 5.74) is 3.34. The highest BCUT2D eigenvalue weighted by Gasteiger charge is 1.98. The van der Waals surface area contributed by atoms with Crippen LogP contribution in [0.25, 0.3) is 0 Å². The lowest BCUT2D eigenvalue weighted by Crippen LogP contribution is -2.13. The molecule has 1 aromatic carbocycles. The van der Waals surface area contributed by atoms with E-state index in [9.17, 15) is 4.79 Å². The Morgan fingerprint density at radius 1 is 1.22 bits per heavy atom. The Morgan fingerprint density at radius 3 is 2.39 bits per heavy atom. The van der Waals surface area contributed by atoms with Gasteiger partial charge in [-0.1, -0.05) is 31.2 Å². The Hall–Kier alpha value is -1.77. The molecule has 18 heavy (non-hydrogen) atoms. The molecular weight excluding hydrogens is 226 g/mol. The molecule has 0 aliphatic carbocycles. The van der Waals surface area contributed by atoms with Gasteiger partial charge in [-0.2, -0.15) is 0 Å². The van der Waals surface area contributed by atoms with Crippen LogP contribution in [0.4, 0.5) is 0 Å². The molecule has 1 rings (SSSR count). The van der Waals surface area contributed by atoms with Gasteiger partial charge in [0.15, 0.2) is 0 Å². The molecule has 1 aromatic rings. The summed E-state index contributed by atoms with van der Waals surface area (Å²) in [6.07, 6.45) is 2.53. The van der Waals surface area contributed by atoms with Crippen LogP contribution in [0.3, 0.4) is 0 Å². The number of nitrogens with one attached hydrogen (secondary N) is 1. The molecule has 0 bridgehead atoms. The molecule has 0 atom stereocenters. The summed E-state index contributed by atoms with van der Waals surface area (Å²) in [5, 5.41) is 3.19. The third kappa shape index (κ3) is 5.04. The fourth-order valence-corrected chi connectivity index (χ4v) is 1.55. The first-order valence-corrected chi connectivity index (χ1v) is 6.32. The number of carbonyl (C=O) groups excluding carboxylic acids is 1. The van der Waals surface area contributed by atoms with E-state index in [1.54, 1.807) is 6.92 Å². The molecule has 0 heterocycles. The largest absolute Gasteiger partial charge is 0.463 e. The Kier molecular flexibility index (Phi) is 5.98. The van der Waals surface area contributed by atoms with Crippen molar-refractivity contribution in [2.75, 3.05) is 6.61 Å². The van der Waals surface area contributed by atoms with Crippen molar-refractivity contribution < 1.29 is 9.53 Å². The van der Waals surface area contributed by atoms with Crippen molar-refractivity contribution >= 4 is 5.97 Å². The summed E-state index contributed by atoms with van der Waals surface area (Å²) in [4.78, 5) is 11.2. The highest BCUT2D eigenvalue weighted by atomic mass is 16.5. The van der Waals surface area contributed by atoms with Crippen LogP contribution in [-0.4, -0.2) is 12.6 Å². The van der Waals surface area contributed by atoms with Gasteiger partial charge >= 0.3 is 5.97 Å². The summed E-state index contributed by atoms with van der Waals surface area (Å²) >= 11 is 0. The van der Waals surface area contributed by atoms with Gasteiger partial charge in [0, 0.05) is 18.3 Å². The van der Waals surface area contributed by atoms with Gasteiger partial charge in [-0.05, 0) is 31.4 Å². The van der Waals surface area contributed by atoms with E-state index in [2.05, 4.69) is 36.5 Å². The molecule has 0 spiro atoms. The molecule has 0 unspecified atom stereocenters. The minimum Gasteiger partial charge on any atom is -0.463 e. The smallest absolute Gasteiger partial charge is 0.332 e. The second kappa shape index (κ2) is 7.54. The third-order valence-corrected chi connectivity index (χ3v) is 2.62. The lowest BCUT2D eigenvalue weighted by Gasteiger charge is -2.07. The molecule has 0 aliphatic heterocycles. The van der Waals surface area contributed by atoms with Crippen molar-refractivity contribution in [1.29, 1.82) is 0 Å². The van der Waals surface area contributed by atoms with Crippen molar-refractivity contribution in [1.82, 2.24) is 5.32 Å². The molecule has 0 saturated carbocycles. The molecule has 0 aliphatic rings. The van der Waals surface area contributed by atoms with Gasteiger partial charge in [0.25, 0.3) is 0 Å². The minimum absolute atomic E-state index is 0.302. The second-order valence-electron chi connectivity index (χ2n) is 4.10. The maximum atomic E-state index is 11.2. The van der Waals surface area contributed by atoms with E-state index in [4.69, 9.17) is 4.74 Å². The number of benzene rings is 1. The zero-order chi connectivity index (χ0) is 13.4. The first-order chi connectivity index (χ1) is 8.65. The standard InChI is InChI=1S/C15H21NO2/c1-4-13-6-8-14(9-7-13)11-16-12(3)10-15(17)18-5-2/h6-10,16H,4-5,11H2,1-3H3/b12-10-. The van der Waals surface area contributed by atoms with Gasteiger partial charge < -0.3 is 10.1 Å². The molecule has 1 N–H and O–H groups in total. The van der Waals surface area contributed by atoms with Gasteiger partial charge in [0.05, 0.1) is 6.61 Å². The molecule has 0 radical (unpaired) electrons. The Morgan fingerprint density at radius 2 is 1.83 bits per heavy atom. The van der Waals surface area contributed by atoms with Crippen LogP contribution in [-0.2, 0) is 22.5 Å². The van der Waals surface area contributed by atoms with Crippen LogP contribution in [0.15, 0.2) is 36.0 Å². The predicted molar refractivity (Wildman–Crippen MR) is 73.0 cm³/mol. The van der Waals surface area contributed by atoms with Crippen molar-refractivity contribution in [2.24, 2.45) is 0 Å². The van der Waals surface area contributed by atoms with E-state index in [-0.39, 0.29) is 5.97 Å². The van der Waals surface area contributed by atoms with Crippen LogP contribution in [0.1, 0.15) is 31.9 Å². The summed E-state index contributed by atoms with van der Waals surface area (Å²) in [6, 6.07) is 8.45. The number of hydrogen-bond donors (Lipinski definition) is 1. The number of aryl methyl sites for hydroxylation is 1. The molecule has 98 valence electrons. The molecule has 0 saturated heterocycles. The first-order valence-electron chi connectivity index (χ1n) is 6.32. The number of hydrogen-bond acceptors (Lipinski definition) is 3. The van der Waals surface area contributed by atoms with Crippen molar-refractivity contribution in [3.05, 3.63) is 47.2 Å². The van der Waals surface area contributed by atoms with Crippen molar-refractivity contribution in [3.8, 4) is 0 Å². The lowest BCUT2D eigenvalue weighted by molar-refractivity contribution is -0.137. The molecule has 3 nitrogen and oxygen atoms in total. The van der Waals surface area contributed by atoms with Gasteiger partial charge in [0.2, 0.25) is 0 Å². The highest BCUT2D eigenvalue weighted by molar-refractivity contribution is 5.82. The van der Waals surface area contributed by atoms with Gasteiger partial charge in [0.1, 0.15) is 0 Å². The number of esters is 1. The molecular formula is C15H21NO2. The van der Waals surface area contributed by atoms with Crippen LogP contribution in [0.5, 0.6) is 0 Å². The zero-order valence-corrected chi connectivity index (χ0v) is 11.3. The average Bonchev–Trinajstić information content (AvgIpc) is 2.37. The number of rotatable bonds is 6. The van der Waals surface area contributed by atoms with E-state index >= 15 is 0 Å². The van der Waals surface area contributed by atoms with E-state index in [1.807, 2.05) is 6.92 Å². The molecule has 0 fully saturated rings. The fourth-order valence-electron chi connectivity index (χ4n) is 1.55. The predicted octanol–water partition coefficient (Wildman–Crippen LogP) is 2.81. The quantitative estimate of drug-likeness (QED) is 0.620. The number of allylic oxidation sites excluding steroid dienone is 1. The summed E-state index contributed by atoms with van der Waals surface area (Å²) in [5.74, 6) is -0.302. The van der Waals surface area contributed by atoms with E-state index in [1.165, 1.54) is 17.2 Å². The minimum atomic E-state index is -0.302. The van der Waals surface area contributed by atoms with Crippen LogP contribution < -0.4 is 5.32 Å². The first kappa shape index (κ1) is 14.3. The third-order valence-electron chi connectivity index (χ3n) is 2.62. The zero-order valence-electron chi connectivity index (χ0n) is 11.3. The number of carbonyl (C=O) groups is 1. The highest BCUT2D eigenvalue weighted by Crippen LogP contribution is 2.05.